The predicted molar refractivity (Wildman–Crippen MR) is 94.0 cm³/mol. The van der Waals surface area contributed by atoms with Crippen molar-refractivity contribution in [2.24, 2.45) is 10.2 Å². The summed E-state index contributed by atoms with van der Waals surface area (Å²) in [5.41, 5.74) is -0.0677. The SMILES string of the molecule is COc1ccc(NC(=O)/C(N=Nc2cc(C(C)(C)C)on2)=C(\C)[O-])cc1. The van der Waals surface area contributed by atoms with E-state index < -0.39 is 11.7 Å². The number of hydrogen-bond donors (Lipinski definition) is 1. The van der Waals surface area contributed by atoms with E-state index in [9.17, 15) is 9.90 Å². The lowest BCUT2D eigenvalue weighted by Crippen LogP contribution is -2.17. The van der Waals surface area contributed by atoms with E-state index in [1.165, 1.54) is 6.92 Å². The van der Waals surface area contributed by atoms with Crippen molar-refractivity contribution < 1.29 is 19.2 Å². The number of rotatable bonds is 5. The van der Waals surface area contributed by atoms with Crippen LogP contribution in [0.1, 0.15) is 33.5 Å². The van der Waals surface area contributed by atoms with Crippen molar-refractivity contribution in [1.29, 1.82) is 0 Å². The normalized spacial score (nSPS) is 12.8. The highest BCUT2D eigenvalue weighted by Crippen LogP contribution is 2.26. The maximum atomic E-state index is 12.3. The van der Waals surface area contributed by atoms with E-state index >= 15 is 0 Å². The van der Waals surface area contributed by atoms with Gasteiger partial charge in [-0.3, -0.25) is 4.79 Å². The Labute approximate surface area is 151 Å². The van der Waals surface area contributed by atoms with Gasteiger partial charge in [0.25, 0.3) is 5.91 Å². The lowest BCUT2D eigenvalue weighted by molar-refractivity contribution is -0.303. The summed E-state index contributed by atoms with van der Waals surface area (Å²) in [5, 5.41) is 25.7. The number of nitrogens with zero attached hydrogens (tertiary/aromatic N) is 3. The molecule has 8 nitrogen and oxygen atoms in total. The minimum atomic E-state index is -0.661. The van der Waals surface area contributed by atoms with Crippen LogP contribution >= 0.6 is 0 Å². The third-order valence-corrected chi connectivity index (χ3v) is 3.39. The van der Waals surface area contributed by atoms with E-state index in [1.54, 1.807) is 37.4 Å². The second-order valence-electron chi connectivity index (χ2n) is 6.59. The van der Waals surface area contributed by atoms with Gasteiger partial charge in [0.15, 0.2) is 0 Å². The molecule has 0 unspecified atom stereocenters. The summed E-state index contributed by atoms with van der Waals surface area (Å²) >= 11 is 0. The number of hydrogen-bond acceptors (Lipinski definition) is 7. The fourth-order valence-electron chi connectivity index (χ4n) is 1.91. The topological polar surface area (TPSA) is 112 Å². The van der Waals surface area contributed by atoms with Gasteiger partial charge in [-0.25, -0.2) is 0 Å². The third kappa shape index (κ3) is 4.92. The fourth-order valence-corrected chi connectivity index (χ4v) is 1.91. The van der Waals surface area contributed by atoms with Crippen molar-refractivity contribution >= 4 is 17.4 Å². The highest BCUT2D eigenvalue weighted by Gasteiger charge is 2.19. The van der Waals surface area contributed by atoms with Gasteiger partial charge in [-0.1, -0.05) is 32.9 Å². The number of nitrogens with one attached hydrogen (secondary N) is 1. The van der Waals surface area contributed by atoms with Gasteiger partial charge in [-0.05, 0) is 24.3 Å². The van der Waals surface area contributed by atoms with Gasteiger partial charge in [0.05, 0.1) is 7.11 Å². The Morgan fingerprint density at radius 1 is 1.27 bits per heavy atom. The zero-order valence-electron chi connectivity index (χ0n) is 15.4. The largest absolute Gasteiger partial charge is 0.874 e. The number of aromatic nitrogens is 1. The molecule has 1 aromatic carbocycles. The summed E-state index contributed by atoms with van der Waals surface area (Å²) in [6.45, 7) is 7.13. The van der Waals surface area contributed by atoms with Crippen LogP contribution in [0.4, 0.5) is 11.5 Å². The molecule has 0 atom stereocenters. The molecule has 26 heavy (non-hydrogen) atoms. The molecule has 0 fully saturated rings. The Morgan fingerprint density at radius 2 is 1.92 bits per heavy atom. The maximum Gasteiger partial charge on any atom is 0.275 e. The fraction of sp³-hybridized carbons (Fsp3) is 0.333. The molecule has 0 aliphatic rings. The van der Waals surface area contributed by atoms with Crippen LogP contribution in [0.2, 0.25) is 0 Å². The van der Waals surface area contributed by atoms with Crippen LogP contribution < -0.4 is 15.2 Å². The molecule has 138 valence electrons. The molecule has 0 aliphatic heterocycles. The van der Waals surface area contributed by atoms with Gasteiger partial charge in [0.2, 0.25) is 5.82 Å². The van der Waals surface area contributed by atoms with Crippen LogP contribution in [0.5, 0.6) is 5.75 Å². The molecule has 0 spiro atoms. The molecule has 0 bridgehead atoms. The van der Waals surface area contributed by atoms with Crippen molar-refractivity contribution in [3.05, 3.63) is 47.5 Å². The summed E-state index contributed by atoms with van der Waals surface area (Å²) < 4.78 is 10.2. The molecule has 0 saturated carbocycles. The zero-order chi connectivity index (χ0) is 19.3. The smallest absolute Gasteiger partial charge is 0.275 e. The van der Waals surface area contributed by atoms with Crippen molar-refractivity contribution in [1.82, 2.24) is 5.16 Å². The van der Waals surface area contributed by atoms with E-state index in [0.29, 0.717) is 17.2 Å². The van der Waals surface area contributed by atoms with E-state index in [2.05, 4.69) is 20.7 Å². The molecule has 2 rings (SSSR count). The summed E-state index contributed by atoms with van der Waals surface area (Å²) in [6, 6.07) is 8.29. The number of amides is 1. The van der Waals surface area contributed by atoms with Crippen LogP contribution in [0.3, 0.4) is 0 Å². The molecule has 1 aromatic heterocycles. The third-order valence-electron chi connectivity index (χ3n) is 3.39. The number of allylic oxidation sites excluding steroid dienone is 1. The lowest BCUT2D eigenvalue weighted by Gasteiger charge is -2.12. The van der Waals surface area contributed by atoms with Gasteiger partial charge < -0.3 is 19.7 Å². The van der Waals surface area contributed by atoms with E-state index in [4.69, 9.17) is 9.26 Å². The summed E-state index contributed by atoms with van der Waals surface area (Å²) in [5.74, 6) is 0.286. The minimum absolute atomic E-state index is 0.186. The van der Waals surface area contributed by atoms with Crippen LogP contribution in [0.15, 0.2) is 56.5 Å². The predicted octanol–water partition coefficient (Wildman–Crippen LogP) is 3.29. The highest BCUT2D eigenvalue weighted by atomic mass is 16.5. The minimum Gasteiger partial charge on any atom is -0.874 e. The molecule has 0 radical (unpaired) electrons. The number of azo groups is 1. The van der Waals surface area contributed by atoms with Crippen LogP contribution in [-0.2, 0) is 10.2 Å². The summed E-state index contributed by atoms with van der Waals surface area (Å²) in [4.78, 5) is 12.3. The average molecular weight is 357 g/mol. The van der Waals surface area contributed by atoms with Gasteiger partial charge in [0.1, 0.15) is 17.2 Å². The van der Waals surface area contributed by atoms with Crippen LogP contribution in [0.25, 0.3) is 0 Å². The number of benzene rings is 1. The van der Waals surface area contributed by atoms with Crippen molar-refractivity contribution in [2.75, 3.05) is 12.4 Å². The summed E-state index contributed by atoms with van der Waals surface area (Å²) in [7, 11) is 1.55. The molecule has 0 aliphatic carbocycles. The van der Waals surface area contributed by atoms with Crippen molar-refractivity contribution in [3.8, 4) is 5.75 Å². The molecule has 1 amide bonds. The van der Waals surface area contributed by atoms with Crippen LogP contribution in [-0.4, -0.2) is 18.2 Å². The van der Waals surface area contributed by atoms with E-state index in [1.807, 2.05) is 20.8 Å². The van der Waals surface area contributed by atoms with Crippen molar-refractivity contribution in [3.63, 3.8) is 0 Å². The number of ether oxygens (including phenoxy) is 1. The Morgan fingerprint density at radius 3 is 2.42 bits per heavy atom. The standard InChI is InChI=1S/C18H22N4O4/c1-11(23)16(17(24)19-12-6-8-13(25-5)9-7-12)21-20-15-10-14(26-22-15)18(2,3)4/h6-10,23H,1-5H3,(H,19,24)/p-1/b16-11-,21-20?. The first-order chi connectivity index (χ1) is 12.2. The molecule has 8 heteroatoms. The number of anilines is 1. The second kappa shape index (κ2) is 7.81. The molecule has 1 heterocycles. The van der Waals surface area contributed by atoms with Gasteiger partial charge in [-0.2, -0.15) is 0 Å². The molecular formula is C18H21N4O4-. The first-order valence-electron chi connectivity index (χ1n) is 7.93. The summed E-state index contributed by atoms with van der Waals surface area (Å²) in [6.07, 6.45) is 0. The monoisotopic (exact) mass is 357 g/mol. The molecule has 0 saturated heterocycles. The zero-order valence-corrected chi connectivity index (χ0v) is 15.4. The van der Waals surface area contributed by atoms with E-state index in [-0.39, 0.29) is 16.9 Å². The first kappa shape index (κ1) is 19.2. The quantitative estimate of drug-likeness (QED) is 0.501. The number of carbonyl (C=O) groups excluding carboxylic acids is 1. The molecular weight excluding hydrogens is 336 g/mol. The highest BCUT2D eigenvalue weighted by molar-refractivity contribution is 6.03. The Kier molecular flexibility index (Phi) is 5.76. The first-order valence-corrected chi connectivity index (χ1v) is 7.93. The van der Waals surface area contributed by atoms with Crippen LogP contribution in [0, 0.1) is 0 Å². The second-order valence-corrected chi connectivity index (χ2v) is 6.59. The van der Waals surface area contributed by atoms with E-state index in [0.717, 1.165) is 0 Å². The van der Waals surface area contributed by atoms with Gasteiger partial charge in [-0.15, -0.1) is 16.0 Å². The van der Waals surface area contributed by atoms with Gasteiger partial charge >= 0.3 is 0 Å². The Hall–Kier alpha value is -3.16. The number of carbonyl (C=O) groups is 1. The Bertz CT molecular complexity index is 826. The maximum absolute atomic E-state index is 12.3. The average Bonchev–Trinajstić information content (AvgIpc) is 3.04. The lowest BCUT2D eigenvalue weighted by atomic mass is 9.93. The Balaban J connectivity index is 2.14. The molecule has 2 aromatic rings. The van der Waals surface area contributed by atoms with Gasteiger partial charge in [0, 0.05) is 17.2 Å². The number of methoxy groups -OCH3 is 1. The van der Waals surface area contributed by atoms with Crippen molar-refractivity contribution in [2.45, 2.75) is 33.1 Å². The molecule has 1 N–H and O–H groups in total.